The summed E-state index contributed by atoms with van der Waals surface area (Å²) >= 11 is 7.06. The quantitative estimate of drug-likeness (QED) is 0.453. The van der Waals surface area contributed by atoms with Crippen LogP contribution in [0.15, 0.2) is 52.4 Å². The number of rotatable bonds is 5. The number of carbonyl (C=O) groups excluding carboxylic acids is 2. The second kappa shape index (κ2) is 9.30. The Labute approximate surface area is 192 Å². The highest BCUT2D eigenvalue weighted by Gasteiger charge is 2.26. The van der Waals surface area contributed by atoms with E-state index in [0.29, 0.717) is 47.7 Å². The van der Waals surface area contributed by atoms with Gasteiger partial charge in [-0.25, -0.2) is 9.37 Å². The Kier molecular flexibility index (Phi) is 6.48. The third-order valence-corrected chi connectivity index (χ3v) is 6.69. The number of amides is 2. The fraction of sp³-hybridized carbons (Fsp3) is 0.273. The van der Waals surface area contributed by atoms with Gasteiger partial charge in [0, 0.05) is 19.0 Å². The fourth-order valence-electron chi connectivity index (χ4n) is 3.69. The number of aromatic nitrogens is 2. The lowest BCUT2D eigenvalue weighted by molar-refractivity contribution is -0.132. The van der Waals surface area contributed by atoms with E-state index in [9.17, 15) is 18.8 Å². The lowest BCUT2D eigenvalue weighted by Gasteiger charge is -2.30. The van der Waals surface area contributed by atoms with Crippen molar-refractivity contribution in [2.45, 2.75) is 18.0 Å². The Morgan fingerprint density at radius 1 is 1.19 bits per heavy atom. The summed E-state index contributed by atoms with van der Waals surface area (Å²) in [5.74, 6) is -1.21. The SMILES string of the molecule is NC(=O)C1CCN(C(=O)CSc2nc3ccccc3c(=O)n2-c2ccc(F)c(Cl)c2)CC1. The Morgan fingerprint density at radius 2 is 1.91 bits per heavy atom. The average Bonchev–Trinajstić information content (AvgIpc) is 2.79. The summed E-state index contributed by atoms with van der Waals surface area (Å²) in [4.78, 5) is 43.6. The van der Waals surface area contributed by atoms with Gasteiger partial charge in [-0.1, -0.05) is 35.5 Å². The average molecular weight is 475 g/mol. The molecule has 0 radical (unpaired) electrons. The second-order valence-electron chi connectivity index (χ2n) is 7.50. The summed E-state index contributed by atoms with van der Waals surface area (Å²) in [7, 11) is 0. The van der Waals surface area contributed by atoms with Crippen molar-refractivity contribution in [1.29, 1.82) is 0 Å². The molecule has 0 bridgehead atoms. The minimum absolute atomic E-state index is 0.0565. The van der Waals surface area contributed by atoms with Gasteiger partial charge in [-0.15, -0.1) is 0 Å². The second-order valence-corrected chi connectivity index (χ2v) is 8.85. The molecule has 10 heteroatoms. The third kappa shape index (κ3) is 4.49. The maximum atomic E-state index is 13.7. The van der Waals surface area contributed by atoms with E-state index in [-0.39, 0.29) is 34.1 Å². The summed E-state index contributed by atoms with van der Waals surface area (Å²) < 4.78 is 15.0. The van der Waals surface area contributed by atoms with E-state index >= 15 is 0 Å². The molecule has 0 unspecified atom stereocenters. The maximum Gasteiger partial charge on any atom is 0.266 e. The number of primary amides is 1. The van der Waals surface area contributed by atoms with Crippen molar-refractivity contribution in [3.05, 3.63) is 63.7 Å². The van der Waals surface area contributed by atoms with E-state index in [1.807, 2.05) is 0 Å². The number of benzene rings is 2. The summed E-state index contributed by atoms with van der Waals surface area (Å²) in [5.41, 5.74) is 5.87. The monoisotopic (exact) mass is 474 g/mol. The van der Waals surface area contributed by atoms with Gasteiger partial charge in [-0.3, -0.25) is 19.0 Å². The number of hydrogen-bond donors (Lipinski definition) is 1. The normalized spacial score (nSPS) is 14.6. The van der Waals surface area contributed by atoms with Crippen molar-refractivity contribution in [1.82, 2.24) is 14.5 Å². The maximum absolute atomic E-state index is 13.7. The van der Waals surface area contributed by atoms with Crippen LogP contribution in [-0.4, -0.2) is 45.1 Å². The molecule has 0 spiro atoms. The van der Waals surface area contributed by atoms with Gasteiger partial charge in [0.15, 0.2) is 5.16 Å². The molecule has 0 saturated carbocycles. The van der Waals surface area contributed by atoms with Crippen LogP contribution < -0.4 is 11.3 Å². The molecule has 2 N–H and O–H groups in total. The fourth-order valence-corrected chi connectivity index (χ4v) is 4.78. The molecular formula is C22H20ClFN4O3S. The van der Waals surface area contributed by atoms with Gasteiger partial charge < -0.3 is 10.6 Å². The lowest BCUT2D eigenvalue weighted by atomic mass is 9.96. The van der Waals surface area contributed by atoms with Crippen molar-refractivity contribution >= 4 is 46.1 Å². The molecular weight excluding hydrogens is 455 g/mol. The molecule has 1 aliphatic heterocycles. The molecule has 1 fully saturated rings. The van der Waals surface area contributed by atoms with Gasteiger partial charge in [-0.05, 0) is 43.2 Å². The van der Waals surface area contributed by atoms with Crippen LogP contribution in [-0.2, 0) is 9.59 Å². The molecule has 7 nitrogen and oxygen atoms in total. The van der Waals surface area contributed by atoms with Gasteiger partial charge in [0.05, 0.1) is 27.4 Å². The van der Waals surface area contributed by atoms with Crippen LogP contribution in [0, 0.1) is 11.7 Å². The minimum Gasteiger partial charge on any atom is -0.369 e. The van der Waals surface area contributed by atoms with Gasteiger partial charge in [0.2, 0.25) is 11.8 Å². The van der Waals surface area contributed by atoms with Crippen molar-refractivity contribution in [2.24, 2.45) is 11.7 Å². The molecule has 2 heterocycles. The zero-order valence-corrected chi connectivity index (χ0v) is 18.5. The van der Waals surface area contributed by atoms with Crippen molar-refractivity contribution in [2.75, 3.05) is 18.8 Å². The number of likely N-dealkylation sites (tertiary alicyclic amines) is 1. The Morgan fingerprint density at radius 3 is 2.59 bits per heavy atom. The number of nitrogens with two attached hydrogens (primary N) is 1. The number of piperidine rings is 1. The van der Waals surface area contributed by atoms with Crippen LogP contribution in [0.25, 0.3) is 16.6 Å². The minimum atomic E-state index is -0.596. The topological polar surface area (TPSA) is 98.3 Å². The molecule has 166 valence electrons. The number of carbonyl (C=O) groups is 2. The van der Waals surface area contributed by atoms with Crippen LogP contribution in [0.1, 0.15) is 12.8 Å². The molecule has 0 aliphatic carbocycles. The molecule has 2 aromatic carbocycles. The van der Waals surface area contributed by atoms with Crippen LogP contribution >= 0.6 is 23.4 Å². The van der Waals surface area contributed by atoms with E-state index in [4.69, 9.17) is 17.3 Å². The largest absolute Gasteiger partial charge is 0.369 e. The van der Waals surface area contributed by atoms with Crippen LogP contribution in [0.4, 0.5) is 4.39 Å². The van der Waals surface area contributed by atoms with Crippen molar-refractivity contribution in [3.8, 4) is 5.69 Å². The first-order valence-corrected chi connectivity index (χ1v) is 11.4. The Hall–Kier alpha value is -2.91. The highest BCUT2D eigenvalue weighted by Crippen LogP contribution is 2.25. The number of halogens is 2. The molecule has 3 aromatic rings. The van der Waals surface area contributed by atoms with Crippen molar-refractivity contribution < 1.29 is 14.0 Å². The summed E-state index contributed by atoms with van der Waals surface area (Å²) in [6, 6.07) is 10.9. The highest BCUT2D eigenvalue weighted by atomic mass is 35.5. The van der Waals surface area contributed by atoms with Gasteiger partial charge >= 0.3 is 0 Å². The molecule has 1 aliphatic rings. The van der Waals surface area contributed by atoms with Gasteiger partial charge in [0.25, 0.3) is 5.56 Å². The molecule has 1 aromatic heterocycles. The number of para-hydroxylation sites is 1. The van der Waals surface area contributed by atoms with E-state index in [2.05, 4.69) is 4.98 Å². The highest BCUT2D eigenvalue weighted by molar-refractivity contribution is 7.99. The third-order valence-electron chi connectivity index (χ3n) is 5.48. The van der Waals surface area contributed by atoms with Crippen molar-refractivity contribution in [3.63, 3.8) is 0 Å². The predicted octanol–water partition coefficient (Wildman–Crippen LogP) is 2.99. The smallest absolute Gasteiger partial charge is 0.266 e. The van der Waals surface area contributed by atoms with Crippen LogP contribution in [0.2, 0.25) is 5.02 Å². The van der Waals surface area contributed by atoms with E-state index in [0.717, 1.165) is 11.8 Å². The predicted molar refractivity (Wildman–Crippen MR) is 122 cm³/mol. The zero-order chi connectivity index (χ0) is 22.8. The van der Waals surface area contributed by atoms with Crippen LogP contribution in [0.5, 0.6) is 0 Å². The Balaban J connectivity index is 1.63. The number of hydrogen-bond acceptors (Lipinski definition) is 5. The molecule has 32 heavy (non-hydrogen) atoms. The summed E-state index contributed by atoms with van der Waals surface area (Å²) in [6.45, 7) is 0.914. The molecule has 0 atom stereocenters. The van der Waals surface area contributed by atoms with Gasteiger partial charge in [0.1, 0.15) is 5.82 Å². The first-order valence-electron chi connectivity index (χ1n) is 10.0. The standard InChI is InChI=1S/C22H20ClFN4O3S/c23-16-11-14(5-6-17(16)24)28-21(31)15-3-1-2-4-18(15)26-22(28)32-12-19(29)27-9-7-13(8-10-27)20(25)30/h1-6,11,13H,7-10,12H2,(H2,25,30). The van der Waals surface area contributed by atoms with E-state index < -0.39 is 5.82 Å². The summed E-state index contributed by atoms with van der Waals surface area (Å²) in [5, 5.41) is 0.584. The first-order chi connectivity index (χ1) is 15.3. The Bertz CT molecular complexity index is 1260. The van der Waals surface area contributed by atoms with E-state index in [1.54, 1.807) is 29.2 Å². The number of fused-ring (bicyclic) bond motifs is 1. The molecule has 4 rings (SSSR count). The summed E-state index contributed by atoms with van der Waals surface area (Å²) in [6.07, 6.45) is 1.08. The number of nitrogens with zero attached hydrogens (tertiary/aromatic N) is 3. The van der Waals surface area contributed by atoms with E-state index in [1.165, 1.54) is 22.8 Å². The lowest BCUT2D eigenvalue weighted by Crippen LogP contribution is -2.42. The van der Waals surface area contributed by atoms with Gasteiger partial charge in [-0.2, -0.15) is 0 Å². The van der Waals surface area contributed by atoms with Crippen LogP contribution in [0.3, 0.4) is 0 Å². The molecule has 2 amide bonds. The first kappa shape index (κ1) is 22.3. The zero-order valence-electron chi connectivity index (χ0n) is 17.0. The number of thioether (sulfide) groups is 1. The molecule has 1 saturated heterocycles.